The van der Waals surface area contributed by atoms with Crippen LogP contribution in [0.3, 0.4) is 0 Å². The number of halogens is 3. The molecule has 112 valence electrons. The lowest BCUT2D eigenvalue weighted by Gasteiger charge is -2.09. The monoisotopic (exact) mass is 294 g/mol. The first kappa shape index (κ1) is 15.9. The average Bonchev–Trinajstić information content (AvgIpc) is 2.33. The summed E-state index contributed by atoms with van der Waals surface area (Å²) < 4.78 is 40.8. The summed E-state index contributed by atoms with van der Waals surface area (Å²) in [4.78, 5) is 17.5. The molecule has 1 aromatic rings. The van der Waals surface area contributed by atoms with Gasteiger partial charge in [0, 0.05) is 13.0 Å². The predicted molar refractivity (Wildman–Crippen MR) is 63.6 cm³/mol. The summed E-state index contributed by atoms with van der Waals surface area (Å²) in [5.74, 6) is -0.374. The highest BCUT2D eigenvalue weighted by atomic mass is 19.4. The van der Waals surface area contributed by atoms with E-state index in [0.717, 1.165) is 6.33 Å². The Kier molecular flexibility index (Phi) is 5.47. The van der Waals surface area contributed by atoms with Crippen molar-refractivity contribution in [3.8, 4) is 5.88 Å². The van der Waals surface area contributed by atoms with Crippen molar-refractivity contribution >= 4 is 11.5 Å². The van der Waals surface area contributed by atoms with E-state index >= 15 is 0 Å². The molecule has 0 amide bonds. The van der Waals surface area contributed by atoms with Crippen molar-refractivity contribution < 1.29 is 22.8 Å². The molecule has 0 aliphatic rings. The maximum absolute atomic E-state index is 12.0. The Hall–Kier alpha value is -2.13. The van der Waals surface area contributed by atoms with E-state index in [1.807, 2.05) is 0 Å². The fourth-order valence-electron chi connectivity index (χ4n) is 1.37. The smallest absolute Gasteiger partial charge is 0.389 e. The number of anilines is 1. The quantitative estimate of drug-likeness (QED) is 0.472. The first-order chi connectivity index (χ1) is 9.35. The van der Waals surface area contributed by atoms with Crippen LogP contribution in [0.4, 0.5) is 24.7 Å². The van der Waals surface area contributed by atoms with Crippen LogP contribution in [-0.4, -0.2) is 34.2 Å². The number of alkyl halides is 3. The lowest BCUT2D eigenvalue weighted by molar-refractivity contribution is -0.385. The van der Waals surface area contributed by atoms with Crippen molar-refractivity contribution in [2.24, 2.45) is 0 Å². The molecule has 10 heteroatoms. The van der Waals surface area contributed by atoms with Crippen molar-refractivity contribution in [1.29, 1.82) is 0 Å². The minimum absolute atomic E-state index is 0.0293. The molecule has 7 nitrogen and oxygen atoms in total. The van der Waals surface area contributed by atoms with Gasteiger partial charge in [0.25, 0.3) is 5.88 Å². The molecule has 0 bridgehead atoms. The molecule has 0 aromatic carbocycles. The largest absolute Gasteiger partial charge is 0.473 e. The maximum atomic E-state index is 12.0. The molecule has 20 heavy (non-hydrogen) atoms. The SMILES string of the molecule is CCNc1ncnc(OCCCC(F)(F)F)c1[N+](=O)[O-]. The summed E-state index contributed by atoms with van der Waals surface area (Å²) in [6.07, 6.45) is -4.56. The summed E-state index contributed by atoms with van der Waals surface area (Å²) in [7, 11) is 0. The van der Waals surface area contributed by atoms with Gasteiger partial charge in [-0.3, -0.25) is 10.1 Å². The zero-order valence-electron chi connectivity index (χ0n) is 10.6. The van der Waals surface area contributed by atoms with Crippen LogP contribution in [-0.2, 0) is 0 Å². The molecule has 0 atom stereocenters. The zero-order valence-corrected chi connectivity index (χ0v) is 10.6. The Morgan fingerprint density at radius 1 is 1.45 bits per heavy atom. The molecule has 0 radical (unpaired) electrons. The van der Waals surface area contributed by atoms with E-state index in [4.69, 9.17) is 4.74 Å². The molecule has 0 spiro atoms. The Labute approximate surface area is 112 Å². The van der Waals surface area contributed by atoms with E-state index in [1.165, 1.54) is 0 Å². The van der Waals surface area contributed by atoms with Gasteiger partial charge in [0.05, 0.1) is 11.5 Å². The summed E-state index contributed by atoms with van der Waals surface area (Å²) in [5.41, 5.74) is -0.485. The first-order valence-electron chi connectivity index (χ1n) is 5.78. The second-order valence-electron chi connectivity index (χ2n) is 3.73. The predicted octanol–water partition coefficient (Wildman–Crippen LogP) is 2.54. The van der Waals surface area contributed by atoms with Crippen molar-refractivity contribution in [1.82, 2.24) is 9.97 Å². The third kappa shape index (κ3) is 4.86. The average molecular weight is 294 g/mol. The topological polar surface area (TPSA) is 90.2 Å². The summed E-state index contributed by atoms with van der Waals surface area (Å²) in [6, 6.07) is 0. The molecular formula is C10H13F3N4O3. The molecule has 1 heterocycles. The van der Waals surface area contributed by atoms with Gasteiger partial charge >= 0.3 is 11.9 Å². The third-order valence-electron chi connectivity index (χ3n) is 2.16. The first-order valence-corrected chi connectivity index (χ1v) is 5.78. The number of hydrogen-bond donors (Lipinski definition) is 1. The molecule has 0 saturated heterocycles. The molecule has 0 aliphatic heterocycles. The van der Waals surface area contributed by atoms with Crippen LogP contribution in [0.5, 0.6) is 5.88 Å². The van der Waals surface area contributed by atoms with Crippen molar-refractivity contribution in [3.63, 3.8) is 0 Å². The van der Waals surface area contributed by atoms with E-state index in [2.05, 4.69) is 15.3 Å². The normalized spacial score (nSPS) is 11.2. The number of aromatic nitrogens is 2. The van der Waals surface area contributed by atoms with Gasteiger partial charge in [-0.2, -0.15) is 18.2 Å². The number of nitro groups is 1. The van der Waals surface area contributed by atoms with Gasteiger partial charge in [0.1, 0.15) is 6.33 Å². The van der Waals surface area contributed by atoms with Crippen LogP contribution in [0.15, 0.2) is 6.33 Å². The fraction of sp³-hybridized carbons (Fsp3) is 0.600. The minimum Gasteiger partial charge on any atom is -0.473 e. The van der Waals surface area contributed by atoms with Crippen LogP contribution in [0.25, 0.3) is 0 Å². The second kappa shape index (κ2) is 6.87. The highest BCUT2D eigenvalue weighted by molar-refractivity contribution is 5.60. The number of hydrogen-bond acceptors (Lipinski definition) is 6. The van der Waals surface area contributed by atoms with E-state index in [1.54, 1.807) is 6.92 Å². The molecule has 1 rings (SSSR count). The third-order valence-corrected chi connectivity index (χ3v) is 2.16. The van der Waals surface area contributed by atoms with E-state index < -0.39 is 23.2 Å². The van der Waals surface area contributed by atoms with Gasteiger partial charge in [-0.15, -0.1) is 0 Å². The number of nitrogens with one attached hydrogen (secondary N) is 1. The highest BCUT2D eigenvalue weighted by Gasteiger charge is 2.27. The Morgan fingerprint density at radius 3 is 2.70 bits per heavy atom. The Balaban J connectivity index is 2.74. The number of ether oxygens (including phenoxy) is 1. The molecule has 0 fully saturated rings. The highest BCUT2D eigenvalue weighted by Crippen LogP contribution is 2.31. The molecular weight excluding hydrogens is 281 g/mol. The van der Waals surface area contributed by atoms with Crippen molar-refractivity contribution in [2.75, 3.05) is 18.5 Å². The summed E-state index contributed by atoms with van der Waals surface area (Å²) >= 11 is 0. The van der Waals surface area contributed by atoms with Gasteiger partial charge in [0.15, 0.2) is 0 Å². The van der Waals surface area contributed by atoms with Crippen LogP contribution < -0.4 is 10.1 Å². The maximum Gasteiger partial charge on any atom is 0.389 e. The standard InChI is InChI=1S/C10H13F3N4O3/c1-2-14-8-7(17(18)19)9(16-6-15-8)20-5-3-4-10(11,12)13/h6H,2-5H2,1H3,(H,14,15,16). The minimum atomic E-state index is -4.28. The van der Waals surface area contributed by atoms with Crippen LogP contribution in [0, 0.1) is 10.1 Å². The molecule has 1 N–H and O–H groups in total. The summed E-state index contributed by atoms with van der Waals surface area (Å²) in [6.45, 7) is 1.80. The lowest BCUT2D eigenvalue weighted by Crippen LogP contribution is -2.11. The van der Waals surface area contributed by atoms with E-state index in [-0.39, 0.29) is 24.7 Å². The Morgan fingerprint density at radius 2 is 2.15 bits per heavy atom. The van der Waals surface area contributed by atoms with Gasteiger partial charge < -0.3 is 10.1 Å². The molecule has 0 aliphatic carbocycles. The second-order valence-corrected chi connectivity index (χ2v) is 3.73. The summed E-state index contributed by atoms with van der Waals surface area (Å²) in [5, 5.41) is 13.6. The number of rotatable bonds is 7. The van der Waals surface area contributed by atoms with E-state index in [0.29, 0.717) is 6.54 Å². The zero-order chi connectivity index (χ0) is 15.2. The Bertz CT molecular complexity index is 468. The molecule has 0 saturated carbocycles. The van der Waals surface area contributed by atoms with Crippen molar-refractivity contribution in [2.45, 2.75) is 25.9 Å². The molecule has 1 aromatic heterocycles. The van der Waals surface area contributed by atoms with Crippen molar-refractivity contribution in [3.05, 3.63) is 16.4 Å². The van der Waals surface area contributed by atoms with Crippen LogP contribution in [0.1, 0.15) is 19.8 Å². The van der Waals surface area contributed by atoms with E-state index in [9.17, 15) is 23.3 Å². The lowest BCUT2D eigenvalue weighted by atomic mass is 10.3. The molecule has 0 unspecified atom stereocenters. The van der Waals surface area contributed by atoms with Crippen LogP contribution in [0.2, 0.25) is 0 Å². The van der Waals surface area contributed by atoms with Gasteiger partial charge in [-0.25, -0.2) is 4.98 Å². The van der Waals surface area contributed by atoms with Gasteiger partial charge in [-0.1, -0.05) is 0 Å². The van der Waals surface area contributed by atoms with Gasteiger partial charge in [0.2, 0.25) is 5.82 Å². The number of nitrogens with zero attached hydrogens (tertiary/aromatic N) is 3. The van der Waals surface area contributed by atoms with Gasteiger partial charge in [-0.05, 0) is 13.3 Å². The fourth-order valence-corrected chi connectivity index (χ4v) is 1.37. The van der Waals surface area contributed by atoms with Crippen LogP contribution >= 0.6 is 0 Å².